The normalized spacial score (nSPS) is 20.3. The second-order valence-electron chi connectivity index (χ2n) is 5.93. The van der Waals surface area contributed by atoms with Crippen molar-refractivity contribution in [2.75, 3.05) is 13.1 Å². The predicted molar refractivity (Wildman–Crippen MR) is 77.4 cm³/mol. The van der Waals surface area contributed by atoms with Crippen LogP contribution in [0.25, 0.3) is 11.1 Å². The average Bonchev–Trinajstić information content (AvgIpc) is 2.83. The van der Waals surface area contributed by atoms with Crippen LogP contribution in [-0.4, -0.2) is 18.1 Å². The number of piperidine rings is 1. The molecule has 3 rings (SSSR count). The van der Waals surface area contributed by atoms with Gasteiger partial charge in [0.1, 0.15) is 5.52 Å². The second kappa shape index (κ2) is 5.33. The van der Waals surface area contributed by atoms with Crippen molar-refractivity contribution in [3.8, 4) is 0 Å². The molecule has 1 N–H and O–H groups in total. The molecule has 1 atom stereocenters. The van der Waals surface area contributed by atoms with Crippen LogP contribution in [0.1, 0.15) is 44.1 Å². The molecule has 0 amide bonds. The summed E-state index contributed by atoms with van der Waals surface area (Å²) in [6.07, 6.45) is 3.78. The van der Waals surface area contributed by atoms with Gasteiger partial charge in [0.15, 0.2) is 11.5 Å². The minimum absolute atomic E-state index is 0.346. The Morgan fingerprint density at radius 3 is 3.05 bits per heavy atom. The molecule has 1 aliphatic rings. The fourth-order valence-corrected chi connectivity index (χ4v) is 2.80. The number of nitrogens with zero attached hydrogens (tertiary/aromatic N) is 1. The quantitative estimate of drug-likeness (QED) is 0.915. The average molecular weight is 258 g/mol. The molecule has 1 saturated heterocycles. The molecule has 0 aliphatic carbocycles. The summed E-state index contributed by atoms with van der Waals surface area (Å²) >= 11 is 0. The molecule has 1 fully saturated rings. The lowest BCUT2D eigenvalue weighted by atomic mass is 9.92. The number of benzene rings is 1. The Hall–Kier alpha value is -1.35. The fourth-order valence-electron chi connectivity index (χ4n) is 2.80. The van der Waals surface area contributed by atoms with E-state index in [-0.39, 0.29) is 0 Å². The summed E-state index contributed by atoms with van der Waals surface area (Å²) in [5.74, 6) is 1.95. The Morgan fingerprint density at radius 2 is 2.32 bits per heavy atom. The first-order valence-corrected chi connectivity index (χ1v) is 7.32. The van der Waals surface area contributed by atoms with E-state index < -0.39 is 0 Å². The van der Waals surface area contributed by atoms with Gasteiger partial charge in [0, 0.05) is 5.92 Å². The largest absolute Gasteiger partial charge is 0.440 e. The van der Waals surface area contributed by atoms with E-state index in [2.05, 4.69) is 42.3 Å². The van der Waals surface area contributed by atoms with Gasteiger partial charge in [0.25, 0.3) is 0 Å². The molecule has 1 aromatic heterocycles. The zero-order valence-corrected chi connectivity index (χ0v) is 11.8. The van der Waals surface area contributed by atoms with E-state index in [0.29, 0.717) is 5.92 Å². The van der Waals surface area contributed by atoms with Gasteiger partial charge in [-0.1, -0.05) is 19.9 Å². The molecule has 2 heterocycles. The third kappa shape index (κ3) is 2.81. The molecule has 19 heavy (non-hydrogen) atoms. The Morgan fingerprint density at radius 1 is 1.42 bits per heavy atom. The molecular weight excluding hydrogens is 236 g/mol. The van der Waals surface area contributed by atoms with E-state index >= 15 is 0 Å². The minimum Gasteiger partial charge on any atom is -0.440 e. The highest BCUT2D eigenvalue weighted by Gasteiger charge is 2.15. The molecule has 3 heteroatoms. The first-order chi connectivity index (χ1) is 9.22. The van der Waals surface area contributed by atoms with Crippen molar-refractivity contribution in [1.82, 2.24) is 10.3 Å². The molecule has 0 spiro atoms. The number of nitrogens with one attached hydrogen (secondary N) is 1. The Bertz CT molecular complexity index is 553. The number of rotatable bonds is 3. The van der Waals surface area contributed by atoms with Gasteiger partial charge in [0.2, 0.25) is 0 Å². The van der Waals surface area contributed by atoms with Crippen LogP contribution in [0, 0.1) is 5.92 Å². The first-order valence-electron chi connectivity index (χ1n) is 7.32. The molecule has 102 valence electrons. The maximum atomic E-state index is 5.75. The summed E-state index contributed by atoms with van der Waals surface area (Å²) in [6.45, 7) is 6.54. The van der Waals surface area contributed by atoms with Crippen LogP contribution >= 0.6 is 0 Å². The van der Waals surface area contributed by atoms with Gasteiger partial charge in [-0.2, -0.15) is 0 Å². The summed E-state index contributed by atoms with van der Waals surface area (Å²) in [5, 5.41) is 3.48. The van der Waals surface area contributed by atoms with Gasteiger partial charge in [-0.05, 0) is 56.0 Å². The van der Waals surface area contributed by atoms with E-state index in [0.717, 1.165) is 35.9 Å². The zero-order chi connectivity index (χ0) is 13.2. The molecular formula is C16H22N2O. The molecule has 0 bridgehead atoms. The second-order valence-corrected chi connectivity index (χ2v) is 5.93. The van der Waals surface area contributed by atoms with E-state index in [4.69, 9.17) is 4.42 Å². The SMILES string of the molecule is CC(C)c1nc2cc(CC3CCCNC3)ccc2o1. The van der Waals surface area contributed by atoms with Crippen molar-refractivity contribution in [1.29, 1.82) is 0 Å². The number of hydrogen-bond acceptors (Lipinski definition) is 3. The van der Waals surface area contributed by atoms with Crippen LogP contribution in [0.5, 0.6) is 0 Å². The van der Waals surface area contributed by atoms with E-state index in [1.54, 1.807) is 0 Å². The van der Waals surface area contributed by atoms with Gasteiger partial charge in [-0.15, -0.1) is 0 Å². The van der Waals surface area contributed by atoms with Crippen molar-refractivity contribution in [2.45, 2.75) is 39.0 Å². The monoisotopic (exact) mass is 258 g/mol. The molecule has 1 unspecified atom stereocenters. The molecule has 3 nitrogen and oxygen atoms in total. The first kappa shape index (κ1) is 12.7. The van der Waals surface area contributed by atoms with Crippen LogP contribution in [0.2, 0.25) is 0 Å². The van der Waals surface area contributed by atoms with Crippen molar-refractivity contribution < 1.29 is 4.42 Å². The van der Waals surface area contributed by atoms with Crippen molar-refractivity contribution >= 4 is 11.1 Å². The Kier molecular flexibility index (Phi) is 3.56. The van der Waals surface area contributed by atoms with Crippen molar-refractivity contribution in [3.63, 3.8) is 0 Å². The lowest BCUT2D eigenvalue weighted by molar-refractivity contribution is 0.376. The number of fused-ring (bicyclic) bond motifs is 1. The third-order valence-corrected chi connectivity index (χ3v) is 3.89. The maximum absolute atomic E-state index is 5.75. The Labute approximate surface area is 114 Å². The smallest absolute Gasteiger partial charge is 0.198 e. The van der Waals surface area contributed by atoms with Gasteiger partial charge in [0.05, 0.1) is 0 Å². The van der Waals surface area contributed by atoms with Gasteiger partial charge < -0.3 is 9.73 Å². The van der Waals surface area contributed by atoms with Crippen LogP contribution in [-0.2, 0) is 6.42 Å². The van der Waals surface area contributed by atoms with Crippen molar-refractivity contribution in [2.24, 2.45) is 5.92 Å². The maximum Gasteiger partial charge on any atom is 0.198 e. The summed E-state index contributed by atoms with van der Waals surface area (Å²) < 4.78 is 5.75. The highest BCUT2D eigenvalue weighted by molar-refractivity contribution is 5.73. The van der Waals surface area contributed by atoms with Crippen LogP contribution in [0.15, 0.2) is 22.6 Å². The third-order valence-electron chi connectivity index (χ3n) is 3.89. The zero-order valence-electron chi connectivity index (χ0n) is 11.8. The van der Waals surface area contributed by atoms with Gasteiger partial charge >= 0.3 is 0 Å². The molecule has 1 aliphatic heterocycles. The standard InChI is InChI=1S/C16H22N2O/c1-11(2)16-18-14-9-12(5-6-15(14)19-16)8-13-4-3-7-17-10-13/h5-6,9,11,13,17H,3-4,7-8,10H2,1-2H3. The van der Waals surface area contributed by atoms with Gasteiger partial charge in [-0.25, -0.2) is 4.98 Å². The van der Waals surface area contributed by atoms with E-state index in [1.165, 1.54) is 24.9 Å². The molecule has 1 aromatic carbocycles. The fraction of sp³-hybridized carbons (Fsp3) is 0.562. The molecule has 0 saturated carbocycles. The summed E-state index contributed by atoms with van der Waals surface area (Å²) in [6, 6.07) is 6.45. The predicted octanol–water partition coefficient (Wildman–Crippen LogP) is 3.49. The molecule has 0 radical (unpaired) electrons. The van der Waals surface area contributed by atoms with Gasteiger partial charge in [-0.3, -0.25) is 0 Å². The number of oxazole rings is 1. The Balaban J connectivity index is 1.80. The molecule has 2 aromatic rings. The number of hydrogen-bond donors (Lipinski definition) is 1. The van der Waals surface area contributed by atoms with E-state index in [1.807, 2.05) is 0 Å². The minimum atomic E-state index is 0.346. The summed E-state index contributed by atoms with van der Waals surface area (Å²) in [7, 11) is 0. The number of aromatic nitrogens is 1. The highest BCUT2D eigenvalue weighted by atomic mass is 16.3. The summed E-state index contributed by atoms with van der Waals surface area (Å²) in [5.41, 5.74) is 3.30. The van der Waals surface area contributed by atoms with Crippen LogP contribution < -0.4 is 5.32 Å². The van der Waals surface area contributed by atoms with E-state index in [9.17, 15) is 0 Å². The lowest BCUT2D eigenvalue weighted by Crippen LogP contribution is -2.30. The van der Waals surface area contributed by atoms with Crippen LogP contribution in [0.4, 0.5) is 0 Å². The van der Waals surface area contributed by atoms with Crippen molar-refractivity contribution in [3.05, 3.63) is 29.7 Å². The summed E-state index contributed by atoms with van der Waals surface area (Å²) in [4.78, 5) is 4.58. The lowest BCUT2D eigenvalue weighted by Gasteiger charge is -2.22. The van der Waals surface area contributed by atoms with Crippen LogP contribution in [0.3, 0.4) is 0 Å². The topological polar surface area (TPSA) is 38.1 Å². The highest BCUT2D eigenvalue weighted by Crippen LogP contribution is 2.24.